The van der Waals surface area contributed by atoms with Gasteiger partial charge < -0.3 is 5.73 Å². The maximum absolute atomic E-state index is 5.99. The zero-order chi connectivity index (χ0) is 9.97. The number of nitrogen functional groups attached to an aromatic ring is 1. The first kappa shape index (κ1) is 8.97. The number of anilines is 1. The first-order chi connectivity index (χ1) is 6.77. The molecule has 2 rings (SSSR count). The molecule has 0 atom stereocenters. The van der Waals surface area contributed by atoms with E-state index < -0.39 is 0 Å². The normalized spacial score (nSPS) is 10.1. The lowest BCUT2D eigenvalue weighted by Crippen LogP contribution is -1.92. The highest BCUT2D eigenvalue weighted by molar-refractivity contribution is 6.33. The van der Waals surface area contributed by atoms with Crippen LogP contribution in [0.2, 0.25) is 5.02 Å². The van der Waals surface area contributed by atoms with Crippen LogP contribution in [0.25, 0.3) is 11.4 Å². The lowest BCUT2D eigenvalue weighted by Gasteiger charge is -2.01. The second kappa shape index (κ2) is 3.64. The molecule has 2 N–H and O–H groups in total. The fourth-order valence-electron chi connectivity index (χ4n) is 1.12. The maximum atomic E-state index is 5.99. The molecule has 0 amide bonds. The number of benzene rings is 1. The molecule has 0 saturated carbocycles. The van der Waals surface area contributed by atoms with Crippen molar-refractivity contribution in [2.45, 2.75) is 0 Å². The number of nitrogens with two attached hydrogens (primary N) is 1. The summed E-state index contributed by atoms with van der Waals surface area (Å²) >= 11 is 5.99. The standard InChI is InChI=1S/C10H8ClN3/c11-9-4-2-1-3-8(9)10-13-5-7(12)6-14-10/h1-6H,12H2. The first-order valence-electron chi connectivity index (χ1n) is 4.10. The largest absolute Gasteiger partial charge is 0.396 e. The van der Waals surface area contributed by atoms with E-state index in [-0.39, 0.29) is 0 Å². The topological polar surface area (TPSA) is 51.8 Å². The van der Waals surface area contributed by atoms with E-state index in [1.165, 1.54) is 0 Å². The van der Waals surface area contributed by atoms with Gasteiger partial charge in [-0.3, -0.25) is 0 Å². The van der Waals surface area contributed by atoms with E-state index in [2.05, 4.69) is 9.97 Å². The summed E-state index contributed by atoms with van der Waals surface area (Å²) in [6, 6.07) is 7.43. The van der Waals surface area contributed by atoms with Gasteiger partial charge in [-0.2, -0.15) is 0 Å². The Balaban J connectivity index is 2.50. The van der Waals surface area contributed by atoms with Gasteiger partial charge in [-0.15, -0.1) is 0 Å². The molecule has 1 heterocycles. The van der Waals surface area contributed by atoms with Gasteiger partial charge in [0, 0.05) is 5.56 Å². The molecule has 4 heteroatoms. The van der Waals surface area contributed by atoms with Gasteiger partial charge in [-0.05, 0) is 12.1 Å². The maximum Gasteiger partial charge on any atom is 0.160 e. The van der Waals surface area contributed by atoms with Crippen LogP contribution in [0.3, 0.4) is 0 Å². The van der Waals surface area contributed by atoms with Gasteiger partial charge in [-0.25, -0.2) is 9.97 Å². The van der Waals surface area contributed by atoms with Crippen molar-refractivity contribution in [3.8, 4) is 11.4 Å². The number of nitrogens with zero attached hydrogens (tertiary/aromatic N) is 2. The van der Waals surface area contributed by atoms with Gasteiger partial charge in [0.1, 0.15) is 0 Å². The number of halogens is 1. The Morgan fingerprint density at radius 1 is 1.07 bits per heavy atom. The van der Waals surface area contributed by atoms with Crippen LogP contribution in [0.5, 0.6) is 0 Å². The Morgan fingerprint density at radius 2 is 1.71 bits per heavy atom. The average Bonchev–Trinajstić information content (AvgIpc) is 2.20. The second-order valence-corrected chi connectivity index (χ2v) is 3.23. The van der Waals surface area contributed by atoms with E-state index in [4.69, 9.17) is 17.3 Å². The molecular formula is C10H8ClN3. The number of aromatic nitrogens is 2. The fraction of sp³-hybridized carbons (Fsp3) is 0. The van der Waals surface area contributed by atoms with Gasteiger partial charge in [0.05, 0.1) is 23.1 Å². The van der Waals surface area contributed by atoms with E-state index >= 15 is 0 Å². The zero-order valence-corrected chi connectivity index (χ0v) is 8.07. The molecule has 3 nitrogen and oxygen atoms in total. The molecule has 0 spiro atoms. The molecule has 0 aliphatic heterocycles. The van der Waals surface area contributed by atoms with E-state index in [9.17, 15) is 0 Å². The van der Waals surface area contributed by atoms with Crippen LogP contribution in [0, 0.1) is 0 Å². The predicted molar refractivity (Wildman–Crippen MR) is 56.9 cm³/mol. The van der Waals surface area contributed by atoms with Crippen molar-refractivity contribution < 1.29 is 0 Å². The molecule has 0 radical (unpaired) electrons. The number of rotatable bonds is 1. The Labute approximate surface area is 86.6 Å². The quantitative estimate of drug-likeness (QED) is 0.778. The summed E-state index contributed by atoms with van der Waals surface area (Å²) in [6.07, 6.45) is 3.12. The smallest absolute Gasteiger partial charge is 0.160 e. The van der Waals surface area contributed by atoms with E-state index in [1.54, 1.807) is 18.5 Å². The molecule has 0 bridgehead atoms. The van der Waals surface area contributed by atoms with Crippen LogP contribution in [0.4, 0.5) is 5.69 Å². The molecule has 2 aromatic rings. The van der Waals surface area contributed by atoms with Crippen LogP contribution in [0.15, 0.2) is 36.7 Å². The van der Waals surface area contributed by atoms with E-state index in [0.717, 1.165) is 5.56 Å². The van der Waals surface area contributed by atoms with Crippen LogP contribution in [-0.4, -0.2) is 9.97 Å². The Hall–Kier alpha value is -1.61. The molecule has 1 aromatic carbocycles. The third-order valence-electron chi connectivity index (χ3n) is 1.79. The molecule has 0 aliphatic rings. The van der Waals surface area contributed by atoms with Crippen LogP contribution < -0.4 is 5.73 Å². The molecule has 0 fully saturated rings. The van der Waals surface area contributed by atoms with E-state index in [0.29, 0.717) is 16.5 Å². The van der Waals surface area contributed by atoms with Crippen LogP contribution in [-0.2, 0) is 0 Å². The molecule has 70 valence electrons. The zero-order valence-electron chi connectivity index (χ0n) is 7.31. The molecule has 14 heavy (non-hydrogen) atoms. The summed E-state index contributed by atoms with van der Waals surface area (Å²) in [6.45, 7) is 0. The van der Waals surface area contributed by atoms with E-state index in [1.807, 2.05) is 18.2 Å². The third kappa shape index (κ3) is 1.67. The molecule has 0 saturated heterocycles. The summed E-state index contributed by atoms with van der Waals surface area (Å²) in [4.78, 5) is 8.18. The van der Waals surface area contributed by atoms with Gasteiger partial charge in [0.2, 0.25) is 0 Å². The highest BCUT2D eigenvalue weighted by Crippen LogP contribution is 2.23. The number of hydrogen-bond acceptors (Lipinski definition) is 3. The van der Waals surface area contributed by atoms with Gasteiger partial charge in [0.25, 0.3) is 0 Å². The lowest BCUT2D eigenvalue weighted by molar-refractivity contribution is 1.18. The lowest BCUT2D eigenvalue weighted by atomic mass is 10.2. The SMILES string of the molecule is Nc1cnc(-c2ccccc2Cl)nc1. The van der Waals surface area contributed by atoms with Crippen molar-refractivity contribution in [3.63, 3.8) is 0 Å². The van der Waals surface area contributed by atoms with Crippen LogP contribution in [0.1, 0.15) is 0 Å². The third-order valence-corrected chi connectivity index (χ3v) is 2.12. The minimum atomic E-state index is 0.542. The fourth-order valence-corrected chi connectivity index (χ4v) is 1.34. The van der Waals surface area contributed by atoms with Crippen molar-refractivity contribution in [1.82, 2.24) is 9.97 Å². The Bertz CT molecular complexity index is 439. The van der Waals surface area contributed by atoms with Crippen molar-refractivity contribution in [1.29, 1.82) is 0 Å². The highest BCUT2D eigenvalue weighted by Gasteiger charge is 2.04. The summed E-state index contributed by atoms with van der Waals surface area (Å²) < 4.78 is 0. The summed E-state index contributed by atoms with van der Waals surface area (Å²) in [5.41, 5.74) is 6.84. The monoisotopic (exact) mass is 205 g/mol. The second-order valence-electron chi connectivity index (χ2n) is 2.82. The number of hydrogen-bond donors (Lipinski definition) is 1. The van der Waals surface area contributed by atoms with Gasteiger partial charge in [0.15, 0.2) is 5.82 Å². The summed E-state index contributed by atoms with van der Waals surface area (Å²) in [7, 11) is 0. The van der Waals surface area contributed by atoms with Crippen molar-refractivity contribution in [2.24, 2.45) is 0 Å². The Morgan fingerprint density at radius 3 is 2.36 bits per heavy atom. The average molecular weight is 206 g/mol. The van der Waals surface area contributed by atoms with Crippen LogP contribution >= 0.6 is 11.6 Å². The first-order valence-corrected chi connectivity index (χ1v) is 4.47. The predicted octanol–water partition coefficient (Wildman–Crippen LogP) is 2.38. The summed E-state index contributed by atoms with van der Waals surface area (Å²) in [5, 5.41) is 0.636. The van der Waals surface area contributed by atoms with Crippen molar-refractivity contribution in [3.05, 3.63) is 41.7 Å². The minimum Gasteiger partial charge on any atom is -0.396 e. The van der Waals surface area contributed by atoms with Crippen molar-refractivity contribution in [2.75, 3.05) is 5.73 Å². The van der Waals surface area contributed by atoms with Gasteiger partial charge in [-0.1, -0.05) is 23.7 Å². The molecular weight excluding hydrogens is 198 g/mol. The van der Waals surface area contributed by atoms with Gasteiger partial charge >= 0.3 is 0 Å². The Kier molecular flexibility index (Phi) is 2.33. The van der Waals surface area contributed by atoms with Crippen molar-refractivity contribution >= 4 is 17.3 Å². The summed E-state index contributed by atoms with van der Waals surface area (Å²) in [5.74, 6) is 0.588. The minimum absolute atomic E-state index is 0.542. The molecule has 0 aliphatic carbocycles. The molecule has 1 aromatic heterocycles. The highest BCUT2D eigenvalue weighted by atomic mass is 35.5. The molecule has 0 unspecified atom stereocenters.